The molecule has 0 atom stereocenters. The van der Waals surface area contributed by atoms with E-state index in [1.165, 1.54) is 25.7 Å². The number of ether oxygens (including phenoxy) is 1. The van der Waals surface area contributed by atoms with Gasteiger partial charge in [-0.25, -0.2) is 0 Å². The van der Waals surface area contributed by atoms with Crippen LogP contribution in [0.2, 0.25) is 0 Å². The van der Waals surface area contributed by atoms with Gasteiger partial charge in [-0.05, 0) is 45.4 Å². The molecule has 0 bridgehead atoms. The number of carbonyl (C=O) groups excluding carboxylic acids is 1. The van der Waals surface area contributed by atoms with Crippen LogP contribution in [0.5, 0.6) is 0 Å². The zero-order chi connectivity index (χ0) is 18.1. The van der Waals surface area contributed by atoms with E-state index >= 15 is 0 Å². The molecule has 0 saturated heterocycles. The zero-order valence-corrected chi connectivity index (χ0v) is 16.1. The smallest absolute Gasteiger partial charge is 0.227 e. The zero-order valence-electron chi connectivity index (χ0n) is 16.1. The Morgan fingerprint density at radius 3 is 2.46 bits per heavy atom. The SMILES string of the molecule is CCOCCC1(CNC(=NC)NCC(C)(C)C(=O)NC)CCCC1. The first-order valence-electron chi connectivity index (χ1n) is 9.13. The summed E-state index contributed by atoms with van der Waals surface area (Å²) in [5, 5.41) is 9.45. The van der Waals surface area contributed by atoms with Gasteiger partial charge in [0.2, 0.25) is 5.91 Å². The summed E-state index contributed by atoms with van der Waals surface area (Å²) in [5.74, 6) is 0.782. The first-order valence-corrected chi connectivity index (χ1v) is 9.13. The number of carbonyl (C=O) groups is 1. The van der Waals surface area contributed by atoms with Gasteiger partial charge in [-0.1, -0.05) is 12.8 Å². The van der Waals surface area contributed by atoms with Crippen LogP contribution >= 0.6 is 0 Å². The number of hydrogen-bond acceptors (Lipinski definition) is 3. The standard InChI is InChI=1S/C18H36N4O2/c1-6-24-12-11-18(9-7-8-10-18)14-22-16(20-5)21-13-17(2,3)15(23)19-4/h6-14H2,1-5H3,(H,19,23)(H2,20,21,22). The number of guanidine groups is 1. The normalized spacial score (nSPS) is 17.6. The monoisotopic (exact) mass is 340 g/mol. The third kappa shape index (κ3) is 6.30. The van der Waals surface area contributed by atoms with Gasteiger partial charge < -0.3 is 20.7 Å². The summed E-state index contributed by atoms with van der Waals surface area (Å²) in [7, 11) is 3.43. The van der Waals surface area contributed by atoms with Crippen molar-refractivity contribution in [1.82, 2.24) is 16.0 Å². The Balaban J connectivity index is 2.51. The minimum atomic E-state index is -0.480. The molecule has 0 unspecified atom stereocenters. The second-order valence-electron chi connectivity index (χ2n) is 7.40. The summed E-state index contributed by atoms with van der Waals surface area (Å²) in [5.41, 5.74) is -0.171. The number of aliphatic imine (C=N–C) groups is 1. The van der Waals surface area contributed by atoms with Crippen LogP contribution in [-0.2, 0) is 9.53 Å². The average molecular weight is 341 g/mol. The van der Waals surface area contributed by atoms with Gasteiger partial charge >= 0.3 is 0 Å². The molecule has 1 fully saturated rings. The number of nitrogens with zero attached hydrogens (tertiary/aromatic N) is 1. The molecule has 0 heterocycles. The van der Waals surface area contributed by atoms with Gasteiger partial charge in [0.15, 0.2) is 5.96 Å². The lowest BCUT2D eigenvalue weighted by Crippen LogP contribution is -2.49. The lowest BCUT2D eigenvalue weighted by Gasteiger charge is -2.31. The fourth-order valence-corrected chi connectivity index (χ4v) is 3.29. The van der Waals surface area contributed by atoms with E-state index in [4.69, 9.17) is 4.74 Å². The molecule has 1 saturated carbocycles. The Kier molecular flexibility index (Phi) is 8.53. The van der Waals surface area contributed by atoms with E-state index < -0.39 is 5.41 Å². The summed E-state index contributed by atoms with van der Waals surface area (Å²) >= 11 is 0. The maximum absolute atomic E-state index is 11.9. The molecule has 140 valence electrons. The predicted molar refractivity (Wildman–Crippen MR) is 99.2 cm³/mol. The van der Waals surface area contributed by atoms with Crippen molar-refractivity contribution in [2.24, 2.45) is 15.8 Å². The van der Waals surface area contributed by atoms with Gasteiger partial charge in [-0.2, -0.15) is 0 Å². The molecular formula is C18H36N4O2. The lowest BCUT2D eigenvalue weighted by molar-refractivity contribution is -0.128. The first kappa shape index (κ1) is 20.7. The molecule has 0 aromatic rings. The van der Waals surface area contributed by atoms with Crippen LogP contribution in [0.1, 0.15) is 52.9 Å². The van der Waals surface area contributed by atoms with Crippen molar-refractivity contribution >= 4 is 11.9 Å². The van der Waals surface area contributed by atoms with E-state index in [9.17, 15) is 4.79 Å². The van der Waals surface area contributed by atoms with Gasteiger partial charge in [0.05, 0.1) is 5.41 Å². The molecule has 0 aromatic heterocycles. The summed E-state index contributed by atoms with van der Waals surface area (Å²) in [4.78, 5) is 16.2. The van der Waals surface area contributed by atoms with Crippen LogP contribution in [0, 0.1) is 10.8 Å². The Morgan fingerprint density at radius 1 is 1.25 bits per heavy atom. The van der Waals surface area contributed by atoms with Crippen molar-refractivity contribution in [3.8, 4) is 0 Å². The number of hydrogen-bond donors (Lipinski definition) is 3. The van der Waals surface area contributed by atoms with E-state index in [2.05, 4.69) is 20.9 Å². The molecule has 6 nitrogen and oxygen atoms in total. The van der Waals surface area contributed by atoms with Crippen molar-refractivity contribution in [3.63, 3.8) is 0 Å². The highest BCUT2D eigenvalue weighted by Crippen LogP contribution is 2.40. The van der Waals surface area contributed by atoms with Gasteiger partial charge in [0.25, 0.3) is 0 Å². The molecule has 0 spiro atoms. The van der Waals surface area contributed by atoms with Gasteiger partial charge in [-0.3, -0.25) is 9.79 Å². The highest BCUT2D eigenvalue weighted by molar-refractivity contribution is 5.84. The lowest BCUT2D eigenvalue weighted by atomic mass is 9.83. The van der Waals surface area contributed by atoms with Crippen molar-refractivity contribution in [1.29, 1.82) is 0 Å². The van der Waals surface area contributed by atoms with Crippen molar-refractivity contribution < 1.29 is 9.53 Å². The van der Waals surface area contributed by atoms with Gasteiger partial charge in [0, 0.05) is 40.4 Å². The maximum atomic E-state index is 11.9. The number of amides is 1. The predicted octanol–water partition coefficient (Wildman–Crippen LogP) is 1.91. The van der Waals surface area contributed by atoms with E-state index in [1.807, 2.05) is 20.8 Å². The van der Waals surface area contributed by atoms with Gasteiger partial charge in [-0.15, -0.1) is 0 Å². The molecule has 3 N–H and O–H groups in total. The molecule has 1 amide bonds. The van der Waals surface area contributed by atoms with Crippen LogP contribution in [0.4, 0.5) is 0 Å². The molecule has 0 aliphatic heterocycles. The Bertz CT molecular complexity index is 415. The number of nitrogens with one attached hydrogen (secondary N) is 3. The second-order valence-corrected chi connectivity index (χ2v) is 7.40. The minimum absolute atomic E-state index is 0.0226. The Hall–Kier alpha value is -1.30. The minimum Gasteiger partial charge on any atom is -0.382 e. The van der Waals surface area contributed by atoms with Crippen LogP contribution in [0.3, 0.4) is 0 Å². The second kappa shape index (κ2) is 9.87. The molecule has 24 heavy (non-hydrogen) atoms. The molecule has 1 rings (SSSR count). The highest BCUT2D eigenvalue weighted by Gasteiger charge is 2.34. The Labute approximate surface area is 147 Å². The third-order valence-corrected chi connectivity index (χ3v) is 5.04. The average Bonchev–Trinajstić information content (AvgIpc) is 3.03. The van der Waals surface area contributed by atoms with E-state index in [0.717, 1.165) is 32.1 Å². The first-order chi connectivity index (χ1) is 11.4. The maximum Gasteiger partial charge on any atom is 0.227 e. The fraction of sp³-hybridized carbons (Fsp3) is 0.889. The summed E-state index contributed by atoms with van der Waals surface area (Å²) in [6.07, 6.45) is 6.17. The van der Waals surface area contributed by atoms with E-state index in [0.29, 0.717) is 12.0 Å². The van der Waals surface area contributed by atoms with Crippen molar-refractivity contribution in [2.45, 2.75) is 52.9 Å². The van der Waals surface area contributed by atoms with E-state index in [-0.39, 0.29) is 5.91 Å². The summed E-state index contributed by atoms with van der Waals surface area (Å²) in [6, 6.07) is 0. The van der Waals surface area contributed by atoms with Crippen LogP contribution in [-0.4, -0.2) is 52.3 Å². The summed E-state index contributed by atoms with van der Waals surface area (Å²) in [6.45, 7) is 8.94. The van der Waals surface area contributed by atoms with Crippen LogP contribution in [0.25, 0.3) is 0 Å². The topological polar surface area (TPSA) is 74.8 Å². The van der Waals surface area contributed by atoms with Gasteiger partial charge in [0.1, 0.15) is 0 Å². The highest BCUT2D eigenvalue weighted by atomic mass is 16.5. The largest absolute Gasteiger partial charge is 0.382 e. The van der Waals surface area contributed by atoms with Crippen molar-refractivity contribution in [2.75, 3.05) is 40.4 Å². The van der Waals surface area contributed by atoms with Crippen LogP contribution in [0.15, 0.2) is 4.99 Å². The molecule has 0 radical (unpaired) electrons. The molecule has 6 heteroatoms. The Morgan fingerprint density at radius 2 is 1.92 bits per heavy atom. The quantitative estimate of drug-likeness (QED) is 0.340. The molecular weight excluding hydrogens is 304 g/mol. The third-order valence-electron chi connectivity index (χ3n) is 5.04. The van der Waals surface area contributed by atoms with Crippen LogP contribution < -0.4 is 16.0 Å². The number of rotatable bonds is 9. The van der Waals surface area contributed by atoms with E-state index in [1.54, 1.807) is 14.1 Å². The fourth-order valence-electron chi connectivity index (χ4n) is 3.29. The molecule has 1 aliphatic rings. The summed E-state index contributed by atoms with van der Waals surface area (Å²) < 4.78 is 5.57. The van der Waals surface area contributed by atoms with Crippen molar-refractivity contribution in [3.05, 3.63) is 0 Å². The molecule has 0 aromatic carbocycles. The molecule has 1 aliphatic carbocycles.